The van der Waals surface area contributed by atoms with Crippen LogP contribution in [0.2, 0.25) is 0 Å². The van der Waals surface area contributed by atoms with Gasteiger partial charge in [0, 0.05) is 19.0 Å². The number of rotatable bonds is 6. The molecule has 0 spiro atoms. The molecule has 1 N–H and O–H groups in total. The summed E-state index contributed by atoms with van der Waals surface area (Å²) in [6.45, 7) is 5.61. The lowest BCUT2D eigenvalue weighted by molar-refractivity contribution is -0.131. The average Bonchev–Trinajstić information content (AvgIpc) is 2.70. The molecule has 0 aromatic heterocycles. The van der Waals surface area contributed by atoms with Crippen LogP contribution in [0.25, 0.3) is 0 Å². The van der Waals surface area contributed by atoms with E-state index < -0.39 is 0 Å². The van der Waals surface area contributed by atoms with Gasteiger partial charge in [-0.3, -0.25) is 4.79 Å². The van der Waals surface area contributed by atoms with Crippen molar-refractivity contribution in [2.45, 2.75) is 39.2 Å². The fraction of sp³-hybridized carbons (Fsp3) is 0.917. The third-order valence-electron chi connectivity index (χ3n) is 3.31. The maximum atomic E-state index is 11.8. The number of nitrogens with one attached hydrogen (secondary N) is 1. The second-order valence-corrected chi connectivity index (χ2v) is 4.93. The first-order chi connectivity index (χ1) is 7.69. The van der Waals surface area contributed by atoms with Crippen molar-refractivity contribution in [3.63, 3.8) is 0 Å². The Labute approximate surface area is 103 Å². The van der Waals surface area contributed by atoms with E-state index in [4.69, 9.17) is 16.3 Å². The Morgan fingerprint density at radius 3 is 2.88 bits per heavy atom. The minimum atomic E-state index is -0.242. The Hall–Kier alpha value is -0.280. The summed E-state index contributed by atoms with van der Waals surface area (Å²) >= 11 is 5.70. The van der Waals surface area contributed by atoms with Gasteiger partial charge in [0.2, 0.25) is 5.91 Å². The van der Waals surface area contributed by atoms with Gasteiger partial charge in [-0.25, -0.2) is 0 Å². The molecule has 3 unspecified atom stereocenters. The number of hydrogen-bond donors (Lipinski definition) is 1. The maximum Gasteiger partial charge on any atom is 0.249 e. The zero-order chi connectivity index (χ0) is 12.0. The highest BCUT2D eigenvalue weighted by molar-refractivity contribution is 6.17. The van der Waals surface area contributed by atoms with Gasteiger partial charge in [-0.15, -0.1) is 11.6 Å². The van der Waals surface area contributed by atoms with Crippen LogP contribution in [0.4, 0.5) is 0 Å². The summed E-state index contributed by atoms with van der Waals surface area (Å²) in [6, 6.07) is 0. The molecule has 0 aromatic rings. The average molecular weight is 248 g/mol. The summed E-state index contributed by atoms with van der Waals surface area (Å²) in [5, 5.41) is 2.97. The summed E-state index contributed by atoms with van der Waals surface area (Å²) in [5.74, 6) is 1.52. The molecule has 1 aliphatic heterocycles. The fourth-order valence-corrected chi connectivity index (χ4v) is 2.29. The molecule has 3 atom stereocenters. The molecule has 1 heterocycles. The first-order valence-electron chi connectivity index (χ1n) is 6.14. The Kier molecular flexibility index (Phi) is 6.14. The molecule has 0 aliphatic carbocycles. The fourth-order valence-electron chi connectivity index (χ4n) is 1.98. The van der Waals surface area contributed by atoms with Crippen LogP contribution >= 0.6 is 11.6 Å². The van der Waals surface area contributed by atoms with Crippen LogP contribution in [-0.2, 0) is 9.53 Å². The molecule has 0 saturated carbocycles. The van der Waals surface area contributed by atoms with Crippen LogP contribution in [0.15, 0.2) is 0 Å². The van der Waals surface area contributed by atoms with Crippen molar-refractivity contribution in [1.82, 2.24) is 5.32 Å². The van der Waals surface area contributed by atoms with Crippen molar-refractivity contribution in [2.24, 2.45) is 11.8 Å². The minimum Gasteiger partial charge on any atom is -0.368 e. The Morgan fingerprint density at radius 1 is 1.62 bits per heavy atom. The third-order valence-corrected chi connectivity index (χ3v) is 3.52. The van der Waals surface area contributed by atoms with Crippen LogP contribution in [0.3, 0.4) is 0 Å². The van der Waals surface area contributed by atoms with E-state index in [1.165, 1.54) is 0 Å². The largest absolute Gasteiger partial charge is 0.368 e. The molecular weight excluding hydrogens is 226 g/mol. The molecule has 16 heavy (non-hydrogen) atoms. The summed E-state index contributed by atoms with van der Waals surface area (Å²) in [4.78, 5) is 11.8. The number of carbonyl (C=O) groups is 1. The highest BCUT2D eigenvalue weighted by Gasteiger charge is 2.30. The number of carbonyl (C=O) groups excluding carboxylic acids is 1. The van der Waals surface area contributed by atoms with Crippen molar-refractivity contribution >= 4 is 17.5 Å². The van der Waals surface area contributed by atoms with Crippen molar-refractivity contribution in [3.8, 4) is 0 Å². The Balaban J connectivity index is 2.28. The van der Waals surface area contributed by atoms with Gasteiger partial charge in [0.1, 0.15) is 6.10 Å². The highest BCUT2D eigenvalue weighted by atomic mass is 35.5. The Morgan fingerprint density at radius 2 is 2.38 bits per heavy atom. The van der Waals surface area contributed by atoms with E-state index in [-0.39, 0.29) is 12.0 Å². The number of amides is 1. The molecule has 1 fully saturated rings. The number of halogens is 1. The molecule has 94 valence electrons. The zero-order valence-electron chi connectivity index (χ0n) is 10.2. The second-order valence-electron chi connectivity index (χ2n) is 4.55. The maximum absolute atomic E-state index is 11.8. The zero-order valence-corrected chi connectivity index (χ0v) is 10.9. The van der Waals surface area contributed by atoms with E-state index in [0.717, 1.165) is 19.3 Å². The first kappa shape index (κ1) is 13.8. The van der Waals surface area contributed by atoms with Gasteiger partial charge in [0.05, 0.1) is 0 Å². The lowest BCUT2D eigenvalue weighted by Gasteiger charge is -2.18. The van der Waals surface area contributed by atoms with Crippen LogP contribution in [0.1, 0.15) is 33.1 Å². The summed E-state index contributed by atoms with van der Waals surface area (Å²) in [7, 11) is 0. The van der Waals surface area contributed by atoms with E-state index in [1.807, 2.05) is 0 Å². The highest BCUT2D eigenvalue weighted by Crippen LogP contribution is 2.20. The van der Waals surface area contributed by atoms with Crippen LogP contribution in [0.5, 0.6) is 0 Å². The molecule has 1 aliphatic rings. The van der Waals surface area contributed by atoms with Crippen molar-refractivity contribution in [3.05, 3.63) is 0 Å². The van der Waals surface area contributed by atoms with E-state index in [1.54, 1.807) is 0 Å². The van der Waals surface area contributed by atoms with Gasteiger partial charge in [0.15, 0.2) is 0 Å². The predicted octanol–water partition coefficient (Wildman–Crippen LogP) is 2.18. The smallest absolute Gasteiger partial charge is 0.249 e. The van der Waals surface area contributed by atoms with Gasteiger partial charge in [-0.05, 0) is 24.7 Å². The predicted molar refractivity (Wildman–Crippen MR) is 65.6 cm³/mol. The van der Waals surface area contributed by atoms with Gasteiger partial charge in [-0.2, -0.15) is 0 Å². The number of alkyl halides is 1. The van der Waals surface area contributed by atoms with Crippen LogP contribution < -0.4 is 5.32 Å². The van der Waals surface area contributed by atoms with Crippen molar-refractivity contribution < 1.29 is 9.53 Å². The molecule has 1 rings (SSSR count). The normalized spacial score (nSPS) is 26.7. The molecule has 0 bridgehead atoms. The molecule has 1 saturated heterocycles. The summed E-state index contributed by atoms with van der Waals surface area (Å²) in [6.07, 6.45) is 2.75. The molecule has 3 nitrogen and oxygen atoms in total. The number of hydrogen-bond acceptors (Lipinski definition) is 2. The molecule has 0 aromatic carbocycles. The molecule has 1 amide bonds. The van der Waals surface area contributed by atoms with E-state index in [0.29, 0.717) is 30.9 Å². The summed E-state index contributed by atoms with van der Waals surface area (Å²) < 4.78 is 5.41. The lowest BCUT2D eigenvalue weighted by Crippen LogP contribution is -2.39. The van der Waals surface area contributed by atoms with Crippen LogP contribution in [-0.4, -0.2) is 31.0 Å². The summed E-state index contributed by atoms with van der Waals surface area (Å²) in [5.41, 5.74) is 0. The topological polar surface area (TPSA) is 38.3 Å². The third kappa shape index (κ3) is 3.95. The van der Waals surface area contributed by atoms with Gasteiger partial charge in [-0.1, -0.05) is 20.3 Å². The van der Waals surface area contributed by atoms with E-state index >= 15 is 0 Å². The molecular formula is C12H22ClNO2. The van der Waals surface area contributed by atoms with Crippen molar-refractivity contribution in [2.75, 3.05) is 19.0 Å². The van der Waals surface area contributed by atoms with Gasteiger partial charge in [0.25, 0.3) is 0 Å². The first-order valence-corrected chi connectivity index (χ1v) is 6.67. The van der Waals surface area contributed by atoms with Crippen molar-refractivity contribution in [1.29, 1.82) is 0 Å². The second kappa shape index (κ2) is 7.13. The van der Waals surface area contributed by atoms with Gasteiger partial charge < -0.3 is 10.1 Å². The van der Waals surface area contributed by atoms with E-state index in [9.17, 15) is 4.79 Å². The molecule has 0 radical (unpaired) electrons. The Bertz CT molecular complexity index is 223. The van der Waals surface area contributed by atoms with Crippen LogP contribution in [0, 0.1) is 11.8 Å². The molecule has 4 heteroatoms. The number of ether oxygens (including phenoxy) is 1. The lowest BCUT2D eigenvalue weighted by atomic mass is 10.0. The van der Waals surface area contributed by atoms with Gasteiger partial charge >= 0.3 is 0 Å². The quantitative estimate of drug-likeness (QED) is 0.731. The minimum absolute atomic E-state index is 0.0398. The SMILES string of the molecule is CCC(CCCl)CNC(=O)C1OCCC1C. The van der Waals surface area contributed by atoms with E-state index in [2.05, 4.69) is 19.2 Å². The standard InChI is InChI=1S/C12H22ClNO2/c1-3-10(4-6-13)8-14-12(15)11-9(2)5-7-16-11/h9-11H,3-8H2,1-2H3,(H,14,15). The monoisotopic (exact) mass is 247 g/mol.